The van der Waals surface area contributed by atoms with Crippen molar-refractivity contribution in [2.75, 3.05) is 0 Å². The van der Waals surface area contributed by atoms with Crippen molar-refractivity contribution in [1.29, 1.82) is 0 Å². The van der Waals surface area contributed by atoms with Crippen LogP contribution < -0.4 is 11.3 Å². The smallest absolute Gasteiger partial charge is 0.0233 e. The van der Waals surface area contributed by atoms with E-state index >= 15 is 0 Å². The first-order chi connectivity index (χ1) is 5.57. The fourth-order valence-electron chi connectivity index (χ4n) is 1.36. The van der Waals surface area contributed by atoms with Crippen LogP contribution in [0.1, 0.15) is 47.0 Å². The summed E-state index contributed by atoms with van der Waals surface area (Å²) in [4.78, 5) is 0. The van der Waals surface area contributed by atoms with E-state index in [1.807, 2.05) is 0 Å². The molecule has 1 unspecified atom stereocenters. The van der Waals surface area contributed by atoms with Gasteiger partial charge in [-0.2, -0.15) is 0 Å². The summed E-state index contributed by atoms with van der Waals surface area (Å²) in [6.07, 6.45) is 3.79. The molecule has 0 radical (unpaired) electrons. The summed E-state index contributed by atoms with van der Waals surface area (Å²) < 4.78 is 0. The first-order valence-electron chi connectivity index (χ1n) is 5.04. The van der Waals surface area contributed by atoms with Gasteiger partial charge in [0.15, 0.2) is 0 Å². The first-order valence-corrected chi connectivity index (χ1v) is 5.04. The van der Waals surface area contributed by atoms with Crippen LogP contribution in [-0.4, -0.2) is 6.04 Å². The van der Waals surface area contributed by atoms with Gasteiger partial charge in [0, 0.05) is 6.04 Å². The maximum Gasteiger partial charge on any atom is 0.0233 e. The molecule has 0 aliphatic rings. The minimum absolute atomic E-state index is 0.490. The van der Waals surface area contributed by atoms with Gasteiger partial charge in [0.1, 0.15) is 0 Å². The van der Waals surface area contributed by atoms with Crippen LogP contribution in [-0.2, 0) is 0 Å². The van der Waals surface area contributed by atoms with Crippen LogP contribution in [0.5, 0.6) is 0 Å². The van der Waals surface area contributed by atoms with Crippen molar-refractivity contribution in [3.05, 3.63) is 0 Å². The van der Waals surface area contributed by atoms with E-state index in [9.17, 15) is 0 Å². The molecule has 0 saturated carbocycles. The molecule has 0 saturated heterocycles. The maximum atomic E-state index is 5.44. The third-order valence-electron chi connectivity index (χ3n) is 2.32. The van der Waals surface area contributed by atoms with Crippen LogP contribution in [0.4, 0.5) is 0 Å². The Hall–Kier alpha value is -0.0800. The Kier molecular flexibility index (Phi) is 6.39. The van der Waals surface area contributed by atoms with Gasteiger partial charge in [-0.15, -0.1) is 0 Å². The summed E-state index contributed by atoms with van der Waals surface area (Å²) in [6.45, 7) is 8.94. The molecule has 2 nitrogen and oxygen atoms in total. The number of rotatable bonds is 6. The van der Waals surface area contributed by atoms with Gasteiger partial charge in [-0.25, -0.2) is 0 Å². The molecule has 3 N–H and O–H groups in total. The topological polar surface area (TPSA) is 38.0 Å². The van der Waals surface area contributed by atoms with Crippen molar-refractivity contribution < 1.29 is 0 Å². The van der Waals surface area contributed by atoms with E-state index in [2.05, 4.69) is 33.1 Å². The summed E-state index contributed by atoms with van der Waals surface area (Å²) in [5, 5.41) is 0. The molecule has 74 valence electrons. The molecule has 0 rings (SSSR count). The zero-order chi connectivity index (χ0) is 9.56. The molecular formula is C10H24N2. The van der Waals surface area contributed by atoms with Gasteiger partial charge in [-0.1, -0.05) is 40.5 Å². The van der Waals surface area contributed by atoms with Gasteiger partial charge in [0.2, 0.25) is 0 Å². The van der Waals surface area contributed by atoms with Gasteiger partial charge in [0.25, 0.3) is 0 Å². The minimum atomic E-state index is 0.490. The second-order valence-corrected chi connectivity index (χ2v) is 4.34. The number of hydrazine groups is 1. The second-order valence-electron chi connectivity index (χ2n) is 4.34. The van der Waals surface area contributed by atoms with Crippen molar-refractivity contribution >= 4 is 0 Å². The number of nitrogens with two attached hydrogens (primary N) is 1. The van der Waals surface area contributed by atoms with Crippen LogP contribution in [0.3, 0.4) is 0 Å². The van der Waals surface area contributed by atoms with E-state index in [4.69, 9.17) is 5.84 Å². The molecule has 0 amide bonds. The fraction of sp³-hybridized carbons (Fsp3) is 1.00. The van der Waals surface area contributed by atoms with Crippen LogP contribution in [0, 0.1) is 11.8 Å². The molecule has 0 aromatic rings. The lowest BCUT2D eigenvalue weighted by molar-refractivity contribution is 0.362. The van der Waals surface area contributed by atoms with E-state index in [0.29, 0.717) is 12.0 Å². The van der Waals surface area contributed by atoms with Gasteiger partial charge in [0.05, 0.1) is 0 Å². The average Bonchev–Trinajstić information content (AvgIpc) is 1.96. The van der Waals surface area contributed by atoms with E-state index in [1.54, 1.807) is 0 Å². The van der Waals surface area contributed by atoms with E-state index in [-0.39, 0.29) is 0 Å². The normalized spacial score (nSPS) is 14.2. The predicted octanol–water partition coefficient (Wildman–Crippen LogP) is 2.30. The second kappa shape index (κ2) is 6.44. The average molecular weight is 172 g/mol. The Labute approximate surface area is 76.9 Å². The highest BCUT2D eigenvalue weighted by molar-refractivity contribution is 4.67. The van der Waals surface area contributed by atoms with Gasteiger partial charge in [-0.05, 0) is 18.3 Å². The predicted molar refractivity (Wildman–Crippen MR) is 54.6 cm³/mol. The molecular weight excluding hydrogens is 148 g/mol. The zero-order valence-corrected chi connectivity index (χ0v) is 8.93. The van der Waals surface area contributed by atoms with Crippen molar-refractivity contribution in [2.45, 2.75) is 53.0 Å². The zero-order valence-electron chi connectivity index (χ0n) is 8.93. The van der Waals surface area contributed by atoms with Crippen LogP contribution in [0.25, 0.3) is 0 Å². The summed E-state index contributed by atoms with van der Waals surface area (Å²) in [6, 6.07) is 0.490. The van der Waals surface area contributed by atoms with E-state index < -0.39 is 0 Å². The van der Waals surface area contributed by atoms with Crippen molar-refractivity contribution in [2.24, 2.45) is 17.7 Å². The largest absolute Gasteiger partial charge is 0.271 e. The summed E-state index contributed by atoms with van der Waals surface area (Å²) in [5.41, 5.74) is 2.88. The highest BCUT2D eigenvalue weighted by Gasteiger charge is 2.10. The molecule has 0 aliphatic carbocycles. The molecule has 0 aromatic heterocycles. The summed E-state index contributed by atoms with van der Waals surface area (Å²) in [5.74, 6) is 6.90. The number of nitrogens with one attached hydrogen (secondary N) is 1. The molecule has 2 heteroatoms. The van der Waals surface area contributed by atoms with Crippen LogP contribution >= 0.6 is 0 Å². The molecule has 0 spiro atoms. The van der Waals surface area contributed by atoms with Gasteiger partial charge < -0.3 is 0 Å². The molecule has 12 heavy (non-hydrogen) atoms. The summed E-state index contributed by atoms with van der Waals surface area (Å²) >= 11 is 0. The Morgan fingerprint density at radius 3 is 2.00 bits per heavy atom. The number of hydrogen-bond donors (Lipinski definition) is 2. The standard InChI is InChI=1S/C10H24N2/c1-8(2)6-5-7-10(12-11)9(3)4/h8-10,12H,5-7,11H2,1-4H3. The van der Waals surface area contributed by atoms with Crippen LogP contribution in [0.2, 0.25) is 0 Å². The fourth-order valence-corrected chi connectivity index (χ4v) is 1.36. The maximum absolute atomic E-state index is 5.44. The molecule has 1 atom stereocenters. The van der Waals surface area contributed by atoms with Gasteiger partial charge in [-0.3, -0.25) is 11.3 Å². The quantitative estimate of drug-likeness (QED) is 0.476. The van der Waals surface area contributed by atoms with Crippen molar-refractivity contribution in [1.82, 2.24) is 5.43 Å². The molecule has 0 heterocycles. The lowest BCUT2D eigenvalue weighted by atomic mass is 9.96. The lowest BCUT2D eigenvalue weighted by Crippen LogP contribution is -2.38. The molecule has 0 fully saturated rings. The minimum Gasteiger partial charge on any atom is -0.271 e. The Bertz CT molecular complexity index is 100. The Morgan fingerprint density at radius 2 is 1.67 bits per heavy atom. The summed E-state index contributed by atoms with van der Waals surface area (Å²) in [7, 11) is 0. The lowest BCUT2D eigenvalue weighted by Gasteiger charge is -2.19. The molecule has 0 aromatic carbocycles. The molecule has 0 aliphatic heterocycles. The first kappa shape index (κ1) is 11.9. The van der Waals surface area contributed by atoms with E-state index in [0.717, 1.165) is 5.92 Å². The Morgan fingerprint density at radius 1 is 1.08 bits per heavy atom. The SMILES string of the molecule is CC(C)CCCC(NN)C(C)C. The van der Waals surface area contributed by atoms with E-state index in [1.165, 1.54) is 19.3 Å². The highest BCUT2D eigenvalue weighted by atomic mass is 15.2. The molecule has 0 bridgehead atoms. The third kappa shape index (κ3) is 5.56. The van der Waals surface area contributed by atoms with Crippen LogP contribution in [0.15, 0.2) is 0 Å². The highest BCUT2D eigenvalue weighted by Crippen LogP contribution is 2.12. The monoisotopic (exact) mass is 172 g/mol. The third-order valence-corrected chi connectivity index (χ3v) is 2.32. The number of hydrogen-bond acceptors (Lipinski definition) is 2. The van der Waals surface area contributed by atoms with Gasteiger partial charge >= 0.3 is 0 Å². The van der Waals surface area contributed by atoms with Crippen molar-refractivity contribution in [3.63, 3.8) is 0 Å². The van der Waals surface area contributed by atoms with Crippen molar-refractivity contribution in [3.8, 4) is 0 Å². The Balaban J connectivity index is 3.45.